The van der Waals surface area contributed by atoms with Gasteiger partial charge in [-0.1, -0.05) is 11.6 Å². The van der Waals surface area contributed by atoms with Gasteiger partial charge in [-0.3, -0.25) is 14.9 Å². The minimum absolute atomic E-state index is 0.0659. The minimum Gasteiger partial charge on any atom is -0.493 e. The Kier molecular flexibility index (Phi) is 8.06. The molecule has 0 aliphatic heterocycles. The summed E-state index contributed by atoms with van der Waals surface area (Å²) in [6, 6.07) is 13.6. The Labute approximate surface area is 212 Å². The first kappa shape index (κ1) is 25.4. The van der Waals surface area contributed by atoms with Crippen molar-refractivity contribution >= 4 is 62.1 Å². The molecule has 34 heavy (non-hydrogen) atoms. The second-order valence-corrected chi connectivity index (χ2v) is 9.67. The van der Waals surface area contributed by atoms with E-state index in [1.807, 2.05) is 22.6 Å². The van der Waals surface area contributed by atoms with Gasteiger partial charge in [0.25, 0.3) is 11.6 Å². The van der Waals surface area contributed by atoms with E-state index in [0.717, 1.165) is 24.3 Å². The maximum Gasteiger partial charge on any atom is 0.339 e. The van der Waals surface area contributed by atoms with Crippen LogP contribution < -0.4 is 14.3 Å². The first-order valence-corrected chi connectivity index (χ1v) is 12.1. The minimum atomic E-state index is -4.29. The highest BCUT2D eigenvalue weighted by atomic mass is 127. The van der Waals surface area contributed by atoms with Gasteiger partial charge in [0.1, 0.15) is 4.90 Å². The lowest BCUT2D eigenvalue weighted by atomic mass is 10.2. The largest absolute Gasteiger partial charge is 0.493 e. The number of halogens is 2. The highest BCUT2D eigenvalue weighted by Gasteiger charge is 2.22. The van der Waals surface area contributed by atoms with Crippen molar-refractivity contribution in [1.29, 1.82) is 0 Å². The third-order valence-corrected chi connectivity index (χ3v) is 6.56. The quantitative estimate of drug-likeness (QED) is 0.130. The molecule has 0 spiro atoms. The molecule has 0 heterocycles. The molecule has 1 N–H and O–H groups in total. The van der Waals surface area contributed by atoms with Crippen LogP contribution in [0, 0.1) is 13.7 Å². The molecule has 13 heteroatoms. The van der Waals surface area contributed by atoms with Crippen LogP contribution in [0.3, 0.4) is 0 Å². The van der Waals surface area contributed by atoms with E-state index in [0.29, 0.717) is 19.7 Å². The van der Waals surface area contributed by atoms with Crippen molar-refractivity contribution in [2.45, 2.75) is 4.90 Å². The van der Waals surface area contributed by atoms with E-state index in [-0.39, 0.29) is 22.1 Å². The fourth-order valence-corrected chi connectivity index (χ4v) is 4.59. The predicted octanol–water partition coefficient (Wildman–Crippen LogP) is 4.39. The van der Waals surface area contributed by atoms with Crippen LogP contribution >= 0.6 is 34.2 Å². The average Bonchev–Trinajstić information content (AvgIpc) is 2.81. The summed E-state index contributed by atoms with van der Waals surface area (Å²) in [5.41, 5.74) is 3.00. The molecule has 0 saturated carbocycles. The molecule has 0 saturated heterocycles. The summed E-state index contributed by atoms with van der Waals surface area (Å²) in [6.07, 6.45) is 1.35. The number of benzene rings is 3. The molecule has 0 aliphatic carbocycles. The number of carbonyl (C=O) groups excluding carboxylic acids is 1. The molecule has 176 valence electrons. The monoisotopic (exact) mass is 615 g/mol. The van der Waals surface area contributed by atoms with Crippen LogP contribution in [-0.2, 0) is 10.1 Å². The van der Waals surface area contributed by atoms with Gasteiger partial charge in [0.2, 0.25) is 0 Å². The lowest BCUT2D eigenvalue weighted by Gasteiger charge is -2.13. The Hall–Kier alpha value is -3.23. The van der Waals surface area contributed by atoms with Gasteiger partial charge in [-0.25, -0.2) is 5.43 Å². The zero-order chi connectivity index (χ0) is 24.9. The summed E-state index contributed by atoms with van der Waals surface area (Å²) in [5.74, 6) is -0.407. The van der Waals surface area contributed by atoms with Crippen molar-refractivity contribution in [2.24, 2.45) is 5.10 Å². The first-order chi connectivity index (χ1) is 16.1. The normalized spacial score (nSPS) is 11.3. The number of non-ortho nitro benzene ring substituents is 1. The van der Waals surface area contributed by atoms with E-state index in [1.54, 1.807) is 30.3 Å². The van der Waals surface area contributed by atoms with Crippen LogP contribution in [0.2, 0.25) is 5.02 Å². The summed E-state index contributed by atoms with van der Waals surface area (Å²) < 4.78 is 36.2. The zero-order valence-electron chi connectivity index (χ0n) is 17.3. The van der Waals surface area contributed by atoms with Crippen LogP contribution in [-0.4, -0.2) is 32.6 Å². The molecule has 0 bridgehead atoms. The highest BCUT2D eigenvalue weighted by Crippen LogP contribution is 2.35. The molecule has 1 amide bonds. The van der Waals surface area contributed by atoms with Crippen molar-refractivity contribution in [1.82, 2.24) is 5.43 Å². The molecular formula is C21H15ClIN3O7S. The Morgan fingerprint density at radius 1 is 1.15 bits per heavy atom. The van der Waals surface area contributed by atoms with Crippen LogP contribution in [0.15, 0.2) is 70.7 Å². The summed E-state index contributed by atoms with van der Waals surface area (Å²) in [6.45, 7) is 0. The molecule has 3 aromatic carbocycles. The molecule has 0 aromatic heterocycles. The van der Waals surface area contributed by atoms with Gasteiger partial charge in [0.15, 0.2) is 11.5 Å². The number of rotatable bonds is 8. The fraction of sp³-hybridized carbons (Fsp3) is 0.0476. The van der Waals surface area contributed by atoms with E-state index in [4.69, 9.17) is 20.5 Å². The second-order valence-electron chi connectivity index (χ2n) is 6.53. The smallest absolute Gasteiger partial charge is 0.339 e. The third kappa shape index (κ3) is 6.21. The number of nitrogens with zero attached hydrogens (tertiary/aromatic N) is 2. The Balaban J connectivity index is 1.78. The number of methoxy groups -OCH3 is 1. The number of nitro benzene ring substituents is 1. The Bertz CT molecular complexity index is 1360. The van der Waals surface area contributed by atoms with Gasteiger partial charge in [0, 0.05) is 22.7 Å². The first-order valence-electron chi connectivity index (χ1n) is 9.26. The van der Waals surface area contributed by atoms with Gasteiger partial charge < -0.3 is 8.92 Å². The maximum atomic E-state index is 12.7. The molecule has 0 aliphatic rings. The molecule has 0 radical (unpaired) electrons. The number of carbonyl (C=O) groups is 1. The van der Waals surface area contributed by atoms with Crippen molar-refractivity contribution in [3.8, 4) is 11.5 Å². The number of hydrogen-bond donors (Lipinski definition) is 1. The van der Waals surface area contributed by atoms with E-state index >= 15 is 0 Å². The number of nitrogens with one attached hydrogen (secondary N) is 1. The van der Waals surface area contributed by atoms with Gasteiger partial charge in [0.05, 0.1) is 21.8 Å². The molecule has 3 rings (SSSR count). The molecule has 3 aromatic rings. The summed E-state index contributed by atoms with van der Waals surface area (Å²) in [4.78, 5) is 22.0. The molecule has 0 atom stereocenters. The van der Waals surface area contributed by atoms with Crippen LogP contribution in [0.1, 0.15) is 15.9 Å². The number of nitro groups is 1. The van der Waals surface area contributed by atoms with E-state index in [2.05, 4.69) is 10.5 Å². The van der Waals surface area contributed by atoms with Crippen molar-refractivity contribution < 1.29 is 27.1 Å². The standard InChI is InChI=1S/C21H15ClIN3O7S/c1-32-19-11-13(12-24-25-21(27)14-2-4-15(22)5-3-14)10-18(23)20(19)33-34(30,31)17-8-6-16(7-9-17)26(28)29/h2-12H,1H3,(H,25,27)/b24-12-. The second kappa shape index (κ2) is 10.8. The lowest BCUT2D eigenvalue weighted by Crippen LogP contribution is -2.17. The zero-order valence-corrected chi connectivity index (χ0v) is 21.0. The van der Waals surface area contributed by atoms with E-state index in [1.165, 1.54) is 19.4 Å². The fourth-order valence-electron chi connectivity index (χ4n) is 2.62. The molecule has 0 fully saturated rings. The van der Waals surface area contributed by atoms with Gasteiger partial charge >= 0.3 is 10.1 Å². The summed E-state index contributed by atoms with van der Waals surface area (Å²) in [7, 11) is -2.96. The maximum absolute atomic E-state index is 12.7. The highest BCUT2D eigenvalue weighted by molar-refractivity contribution is 14.1. The Morgan fingerprint density at radius 2 is 1.79 bits per heavy atom. The average molecular weight is 616 g/mol. The van der Waals surface area contributed by atoms with Crippen LogP contribution in [0.5, 0.6) is 11.5 Å². The summed E-state index contributed by atoms with van der Waals surface area (Å²) >= 11 is 7.67. The summed E-state index contributed by atoms with van der Waals surface area (Å²) in [5, 5.41) is 15.2. The van der Waals surface area contributed by atoms with Gasteiger partial charge in [-0.2, -0.15) is 13.5 Å². The van der Waals surface area contributed by atoms with Crippen LogP contribution in [0.25, 0.3) is 0 Å². The number of hydrazone groups is 1. The van der Waals surface area contributed by atoms with E-state index in [9.17, 15) is 23.3 Å². The number of hydrogen-bond acceptors (Lipinski definition) is 8. The molecule has 0 unspecified atom stereocenters. The van der Waals surface area contributed by atoms with Crippen molar-refractivity contribution in [3.05, 3.63) is 90.5 Å². The van der Waals surface area contributed by atoms with Crippen molar-refractivity contribution in [3.63, 3.8) is 0 Å². The lowest BCUT2D eigenvalue weighted by molar-refractivity contribution is -0.384. The van der Waals surface area contributed by atoms with E-state index < -0.39 is 20.9 Å². The molecule has 10 nitrogen and oxygen atoms in total. The predicted molar refractivity (Wildman–Crippen MR) is 133 cm³/mol. The third-order valence-electron chi connectivity index (χ3n) is 4.27. The molecular weight excluding hydrogens is 601 g/mol. The SMILES string of the molecule is COc1cc(/C=N\NC(=O)c2ccc(Cl)cc2)cc(I)c1OS(=O)(=O)c1ccc([N+](=O)[O-])cc1. The van der Waals surface area contributed by atoms with Crippen LogP contribution in [0.4, 0.5) is 5.69 Å². The topological polar surface area (TPSA) is 137 Å². The van der Waals surface area contributed by atoms with Crippen molar-refractivity contribution in [2.75, 3.05) is 7.11 Å². The Morgan fingerprint density at radius 3 is 2.38 bits per heavy atom. The number of ether oxygens (including phenoxy) is 1. The van der Waals surface area contributed by atoms with Gasteiger partial charge in [-0.05, 0) is 76.7 Å². The number of amides is 1. The van der Waals surface area contributed by atoms with Gasteiger partial charge in [-0.15, -0.1) is 0 Å².